The van der Waals surface area contributed by atoms with Gasteiger partial charge in [0.25, 0.3) is 10.2 Å². The molecule has 14 N–H and O–H groups in total. The van der Waals surface area contributed by atoms with E-state index in [9.17, 15) is 38.1 Å². The van der Waals surface area contributed by atoms with E-state index in [0.717, 1.165) is 11.3 Å². The summed E-state index contributed by atoms with van der Waals surface area (Å²) in [7, 11) is -3.23. The first-order valence-electron chi connectivity index (χ1n) is 22.4. The number of aromatic hydroxyl groups is 1. The van der Waals surface area contributed by atoms with Gasteiger partial charge >= 0.3 is 5.97 Å². The van der Waals surface area contributed by atoms with E-state index in [-0.39, 0.29) is 82.6 Å². The number of nitrogens with two attached hydrogens (primary N) is 4. The third-order valence-corrected chi connectivity index (χ3v) is 11.8. The fourth-order valence-electron chi connectivity index (χ4n) is 7.41. The maximum absolute atomic E-state index is 15.2. The van der Waals surface area contributed by atoms with Gasteiger partial charge in [-0.2, -0.15) is 8.42 Å². The molecule has 380 valence electrons. The molecule has 24 heteroatoms. The Morgan fingerprint density at radius 1 is 0.986 bits per heavy atom. The molecular formula is C46H63N11O12S. The number of phenolic OH excluding ortho intramolecular Hbond substituents is 1. The smallest absolute Gasteiger partial charge is 0.326 e. The minimum Gasteiger partial charge on any atom is -0.504 e. The van der Waals surface area contributed by atoms with E-state index in [2.05, 4.69) is 51.1 Å². The first-order valence-corrected chi connectivity index (χ1v) is 23.9. The van der Waals surface area contributed by atoms with Crippen molar-refractivity contribution in [1.82, 2.24) is 35.2 Å². The molecule has 0 saturated carbocycles. The zero-order valence-corrected chi connectivity index (χ0v) is 40.7. The number of fused-ring (bicyclic) bond motifs is 5. The number of phenols is 1. The molecule has 4 bridgehead atoms. The largest absolute Gasteiger partial charge is 0.504 e. The third kappa shape index (κ3) is 14.2. The molecule has 3 amide bonds. The fraction of sp³-hybridized carbons (Fsp3) is 0.457. The third-order valence-electron chi connectivity index (χ3n) is 11.2. The molecule has 2 aromatic heterocycles. The van der Waals surface area contributed by atoms with Crippen LogP contribution < -0.4 is 51.9 Å². The van der Waals surface area contributed by atoms with Crippen molar-refractivity contribution in [2.45, 2.75) is 84.0 Å². The number of aliphatic hydroxyl groups is 1. The van der Waals surface area contributed by atoms with Gasteiger partial charge in [-0.3, -0.25) is 14.4 Å². The molecule has 1 aliphatic rings. The number of nitrogen functional groups attached to an aromatic ring is 1. The first-order chi connectivity index (χ1) is 32.9. The van der Waals surface area contributed by atoms with E-state index in [0.29, 0.717) is 30.0 Å². The van der Waals surface area contributed by atoms with Crippen LogP contribution >= 0.6 is 0 Å². The molecular weight excluding hydrogens is 931 g/mol. The van der Waals surface area contributed by atoms with Gasteiger partial charge in [-0.15, -0.1) is 0 Å². The summed E-state index contributed by atoms with van der Waals surface area (Å²) in [6.07, 6.45) is 1.26. The van der Waals surface area contributed by atoms with Crippen LogP contribution in [0.2, 0.25) is 0 Å². The number of hydrogen-bond acceptors (Lipinski definition) is 17. The number of ether oxygens (including phenoxy) is 3. The van der Waals surface area contributed by atoms with Gasteiger partial charge in [0.15, 0.2) is 17.3 Å². The Morgan fingerprint density at radius 2 is 1.71 bits per heavy atom. The molecule has 0 fully saturated rings. The van der Waals surface area contributed by atoms with Gasteiger partial charge in [0.1, 0.15) is 42.4 Å². The number of benzene rings is 2. The molecule has 23 nitrogen and oxygen atoms in total. The summed E-state index contributed by atoms with van der Waals surface area (Å²) in [6.45, 7) is 8.59. The Hall–Kier alpha value is -6.70. The number of carboxylic acids is 1. The van der Waals surface area contributed by atoms with Gasteiger partial charge in [-0.05, 0) is 80.1 Å². The highest BCUT2D eigenvalue weighted by Gasteiger charge is 2.38. The van der Waals surface area contributed by atoms with Crippen molar-refractivity contribution in [1.29, 1.82) is 0 Å². The lowest BCUT2D eigenvalue weighted by Crippen LogP contribution is -2.53. The summed E-state index contributed by atoms with van der Waals surface area (Å²) in [6, 6.07) is 5.95. The van der Waals surface area contributed by atoms with E-state index in [1.807, 2.05) is 0 Å². The Kier molecular flexibility index (Phi) is 18.0. The first kappa shape index (κ1) is 54.2. The highest BCUT2D eigenvalue weighted by Crippen LogP contribution is 2.45. The number of amides is 3. The average molecular weight is 994 g/mol. The van der Waals surface area contributed by atoms with Crippen molar-refractivity contribution in [3.63, 3.8) is 0 Å². The van der Waals surface area contributed by atoms with Crippen LogP contribution in [0.1, 0.15) is 74.9 Å². The maximum atomic E-state index is 15.2. The minimum absolute atomic E-state index is 0.0190. The predicted molar refractivity (Wildman–Crippen MR) is 257 cm³/mol. The lowest BCUT2D eigenvalue weighted by Gasteiger charge is -2.33. The van der Waals surface area contributed by atoms with Gasteiger partial charge in [-0.1, -0.05) is 26.8 Å². The number of aromatic nitrogens is 3. The highest BCUT2D eigenvalue weighted by molar-refractivity contribution is 7.87. The molecule has 70 heavy (non-hydrogen) atoms. The van der Waals surface area contributed by atoms with Gasteiger partial charge in [0.05, 0.1) is 19.1 Å². The quantitative estimate of drug-likeness (QED) is 0.0579. The summed E-state index contributed by atoms with van der Waals surface area (Å²) in [5.74, 6) is -6.10. The van der Waals surface area contributed by atoms with Crippen LogP contribution in [0.25, 0.3) is 22.5 Å². The topological polar surface area (TPSA) is 373 Å². The fourth-order valence-corrected chi connectivity index (χ4v) is 7.81. The number of nitrogens with one attached hydrogen (secondary N) is 3. The molecule has 4 aromatic rings. The number of carboxylic acid groups (broad SMARTS) is 1. The molecule has 1 aliphatic heterocycles. The number of pyridine rings is 1. The van der Waals surface area contributed by atoms with Crippen LogP contribution in [-0.4, -0.2) is 132 Å². The van der Waals surface area contributed by atoms with Crippen LogP contribution in [0.5, 0.6) is 23.1 Å². The number of aliphatic hydroxyl groups excluding tert-OH is 1. The van der Waals surface area contributed by atoms with Crippen molar-refractivity contribution in [2.75, 3.05) is 52.2 Å². The highest BCUT2D eigenvalue weighted by atomic mass is 32.2. The minimum atomic E-state index is -4.46. The van der Waals surface area contributed by atoms with Gasteiger partial charge in [-0.25, -0.2) is 29.6 Å². The maximum Gasteiger partial charge on any atom is 0.326 e. The van der Waals surface area contributed by atoms with Gasteiger partial charge in [0.2, 0.25) is 23.6 Å². The molecule has 3 heterocycles. The number of anilines is 1. The Bertz CT molecular complexity index is 2630. The lowest BCUT2D eigenvalue weighted by molar-refractivity contribution is -0.143. The molecule has 0 unspecified atom stereocenters. The molecule has 5 atom stereocenters. The zero-order chi connectivity index (χ0) is 51.7. The van der Waals surface area contributed by atoms with E-state index >= 15 is 4.79 Å². The molecule has 0 radical (unpaired) electrons. The molecule has 0 spiro atoms. The second kappa shape index (κ2) is 23.3. The van der Waals surface area contributed by atoms with Crippen molar-refractivity contribution >= 4 is 39.7 Å². The number of carbonyl (C=O) groups excluding carboxylic acids is 3. The van der Waals surface area contributed by atoms with Crippen molar-refractivity contribution in [2.24, 2.45) is 22.0 Å². The van der Waals surface area contributed by atoms with Gasteiger partial charge < -0.3 is 62.3 Å². The lowest BCUT2D eigenvalue weighted by atomic mass is 9.92. The summed E-state index contributed by atoms with van der Waals surface area (Å²) >= 11 is 0. The van der Waals surface area contributed by atoms with Crippen LogP contribution in [0.4, 0.5) is 5.82 Å². The van der Waals surface area contributed by atoms with E-state index in [1.54, 1.807) is 24.3 Å². The van der Waals surface area contributed by atoms with Gasteiger partial charge in [0, 0.05) is 66.8 Å². The second-order valence-electron chi connectivity index (χ2n) is 18.0. The number of nitrogens with zero attached hydrogens (tertiary/aromatic N) is 4. The molecule has 5 rings (SSSR count). The number of hydrogen-bond donors (Lipinski definition) is 10. The number of carbonyl (C=O) groups is 4. The number of rotatable bonds is 19. The molecule has 0 saturated heterocycles. The van der Waals surface area contributed by atoms with Crippen LogP contribution in [0.15, 0.2) is 48.7 Å². The van der Waals surface area contributed by atoms with E-state index < -0.39 is 82.9 Å². The standard InChI is InChI=1S/C46H63N11O12S/c1-24-37(40(49)56-41(53-24)27-9-11-36(51-21-27)68-15-12-46(3,4)5)32(22-52-70(50,65)66)44(62)57(6)38-28-18-31(39(59)35(19-28)69-23-29(58)20-48)30-16-26(8-10-34(30)67-14-7-13-47)17-33(45(63)64)55-42(60)25(2)54-43(38)61/h8-11,16,18-19,21,25,29,32-33,38,52,58-59H,7,12-15,17,20,22-23,47-48H2,1-6H3,(H,54,61)(H,55,60)(H,63,64)(H2,49,53,56)(H2,50,65,66)/t25-,29+,32+,33-,38-/m0/s1. The van der Waals surface area contributed by atoms with Crippen molar-refractivity contribution < 1.29 is 57.1 Å². The Balaban J connectivity index is 1.69. The van der Waals surface area contributed by atoms with Crippen molar-refractivity contribution in [3.05, 3.63) is 71.0 Å². The predicted octanol–water partition coefficient (Wildman–Crippen LogP) is 0.749. The van der Waals surface area contributed by atoms with Crippen LogP contribution in [0, 0.1) is 12.3 Å². The molecule has 2 aromatic carbocycles. The Morgan fingerprint density at radius 3 is 2.33 bits per heavy atom. The van der Waals surface area contributed by atoms with Crippen molar-refractivity contribution in [3.8, 4) is 45.6 Å². The number of likely N-dealkylation sites (N-methyl/N-ethyl adjacent to an activating group) is 1. The second-order valence-corrected chi connectivity index (χ2v) is 19.4. The van der Waals surface area contributed by atoms with E-state index in [1.165, 1.54) is 45.3 Å². The van der Waals surface area contributed by atoms with Crippen LogP contribution in [0.3, 0.4) is 0 Å². The summed E-state index contributed by atoms with van der Waals surface area (Å²) in [4.78, 5) is 70.5. The zero-order valence-electron chi connectivity index (χ0n) is 39.9. The normalized spacial score (nSPS) is 17.3. The summed E-state index contributed by atoms with van der Waals surface area (Å²) in [5, 5.41) is 42.9. The summed E-state index contributed by atoms with van der Waals surface area (Å²) < 4.78 is 44.7. The Labute approximate surface area is 405 Å². The number of aliphatic carboxylic acids is 1. The van der Waals surface area contributed by atoms with Crippen LogP contribution in [-0.2, 0) is 35.8 Å². The monoisotopic (exact) mass is 993 g/mol. The molecule has 0 aliphatic carbocycles. The number of aryl methyl sites for hydroxylation is 1. The SMILES string of the molecule is Cc1nc(-c2ccc(OCCC(C)(C)C)nc2)nc(N)c1[C@@H](CNS(N)(=O)=O)C(=O)N(C)[C@@H]1C(=O)N[C@@H](C)C(=O)N[C@H](C(=O)O)Cc2ccc(OCCCN)c(c2)-c2cc1cc(OC[C@H](O)CN)c2O. The van der Waals surface area contributed by atoms with E-state index in [4.69, 9.17) is 36.6 Å². The summed E-state index contributed by atoms with van der Waals surface area (Å²) in [5.41, 5.74) is 19.1. The average Bonchev–Trinajstić information content (AvgIpc) is 3.28.